The summed E-state index contributed by atoms with van der Waals surface area (Å²) in [5, 5.41) is 9.48. The standard InChI is InChI=1S/C13H14O4/c1-7(2)5-6-9-8(3)10(14)12(16)13(17-4)11(9)15/h5-6,16H,1H2,2-4H3. The quantitative estimate of drug-likeness (QED) is 0.599. The molecule has 0 amide bonds. The second-order valence-electron chi connectivity index (χ2n) is 3.76. The first-order chi connectivity index (χ1) is 7.90. The van der Waals surface area contributed by atoms with Gasteiger partial charge in [0.05, 0.1) is 7.11 Å². The number of hydrogen-bond acceptors (Lipinski definition) is 4. The topological polar surface area (TPSA) is 63.6 Å². The van der Waals surface area contributed by atoms with Crippen molar-refractivity contribution in [1.82, 2.24) is 0 Å². The zero-order valence-electron chi connectivity index (χ0n) is 10.0. The van der Waals surface area contributed by atoms with Crippen LogP contribution in [-0.4, -0.2) is 23.8 Å². The van der Waals surface area contributed by atoms with Crippen LogP contribution in [0.4, 0.5) is 0 Å². The SMILES string of the molecule is C=C(C)C=CC1=C(C)C(=O)C(O)=C(OC)C1=O. The molecule has 0 bridgehead atoms. The summed E-state index contributed by atoms with van der Waals surface area (Å²) in [6.07, 6.45) is 3.13. The molecule has 1 aliphatic carbocycles. The van der Waals surface area contributed by atoms with Crippen molar-refractivity contribution in [2.24, 2.45) is 0 Å². The molecule has 0 aliphatic heterocycles. The normalized spacial score (nSPS) is 17.1. The van der Waals surface area contributed by atoms with Crippen LogP contribution in [0.1, 0.15) is 13.8 Å². The molecule has 0 aromatic heterocycles. The maximum atomic E-state index is 11.9. The Hall–Kier alpha value is -2.10. The molecule has 4 nitrogen and oxygen atoms in total. The maximum absolute atomic E-state index is 11.9. The van der Waals surface area contributed by atoms with Gasteiger partial charge in [-0.1, -0.05) is 24.3 Å². The van der Waals surface area contributed by atoms with Crippen molar-refractivity contribution >= 4 is 11.6 Å². The van der Waals surface area contributed by atoms with Crippen LogP contribution in [0.15, 0.2) is 47.0 Å². The summed E-state index contributed by atoms with van der Waals surface area (Å²) in [6, 6.07) is 0. The van der Waals surface area contributed by atoms with Crippen LogP contribution in [0.5, 0.6) is 0 Å². The van der Waals surface area contributed by atoms with Gasteiger partial charge in [-0.05, 0) is 13.8 Å². The molecule has 0 unspecified atom stereocenters. The van der Waals surface area contributed by atoms with Crippen molar-refractivity contribution in [1.29, 1.82) is 0 Å². The highest BCUT2D eigenvalue weighted by Gasteiger charge is 2.32. The Labute approximate surface area is 99.6 Å². The number of hydrogen-bond donors (Lipinski definition) is 1. The lowest BCUT2D eigenvalue weighted by Crippen LogP contribution is -2.23. The number of aliphatic hydroxyl groups excluding tert-OH is 1. The second-order valence-corrected chi connectivity index (χ2v) is 3.76. The molecular weight excluding hydrogens is 220 g/mol. The molecule has 17 heavy (non-hydrogen) atoms. The molecule has 0 radical (unpaired) electrons. The lowest BCUT2D eigenvalue weighted by molar-refractivity contribution is -0.120. The molecule has 4 heteroatoms. The van der Waals surface area contributed by atoms with Crippen LogP contribution >= 0.6 is 0 Å². The third kappa shape index (κ3) is 2.36. The van der Waals surface area contributed by atoms with Crippen LogP contribution in [-0.2, 0) is 14.3 Å². The number of aliphatic hydroxyl groups is 1. The van der Waals surface area contributed by atoms with Crippen molar-refractivity contribution in [2.45, 2.75) is 13.8 Å². The van der Waals surface area contributed by atoms with Crippen molar-refractivity contribution in [2.75, 3.05) is 7.11 Å². The van der Waals surface area contributed by atoms with E-state index in [1.165, 1.54) is 20.1 Å². The predicted octanol–water partition coefficient (Wildman–Crippen LogP) is 2.00. The van der Waals surface area contributed by atoms with Gasteiger partial charge in [-0.15, -0.1) is 0 Å². The molecule has 0 atom stereocenters. The van der Waals surface area contributed by atoms with E-state index in [2.05, 4.69) is 6.58 Å². The summed E-state index contributed by atoms with van der Waals surface area (Å²) in [7, 11) is 1.23. The van der Waals surface area contributed by atoms with E-state index in [-0.39, 0.29) is 16.9 Å². The van der Waals surface area contributed by atoms with E-state index in [0.717, 1.165) is 5.57 Å². The van der Waals surface area contributed by atoms with E-state index in [4.69, 9.17) is 4.74 Å². The molecule has 0 spiro atoms. The fraction of sp³-hybridized carbons (Fsp3) is 0.231. The monoisotopic (exact) mass is 234 g/mol. The Morgan fingerprint density at radius 1 is 1.35 bits per heavy atom. The average Bonchev–Trinajstić information content (AvgIpc) is 2.26. The molecular formula is C13H14O4. The van der Waals surface area contributed by atoms with Crippen LogP contribution in [0, 0.1) is 0 Å². The number of carbonyl (C=O) groups is 2. The van der Waals surface area contributed by atoms with Crippen molar-refractivity contribution < 1.29 is 19.4 Å². The molecule has 1 aliphatic rings. The zero-order chi connectivity index (χ0) is 13.2. The largest absolute Gasteiger partial charge is 0.501 e. The molecule has 1 rings (SSSR count). The van der Waals surface area contributed by atoms with Crippen LogP contribution < -0.4 is 0 Å². The molecule has 0 aromatic rings. The summed E-state index contributed by atoms with van der Waals surface area (Å²) >= 11 is 0. The number of carbonyl (C=O) groups excluding carboxylic acids is 2. The van der Waals surface area contributed by atoms with Crippen LogP contribution in [0.25, 0.3) is 0 Å². The van der Waals surface area contributed by atoms with E-state index in [1.807, 2.05) is 0 Å². The Bertz CT molecular complexity index is 490. The van der Waals surface area contributed by atoms with E-state index >= 15 is 0 Å². The third-order valence-electron chi connectivity index (χ3n) is 2.36. The second kappa shape index (κ2) is 4.82. The minimum atomic E-state index is -0.637. The molecule has 0 saturated carbocycles. The summed E-state index contributed by atoms with van der Waals surface area (Å²) < 4.78 is 4.74. The maximum Gasteiger partial charge on any atom is 0.232 e. The van der Waals surface area contributed by atoms with Gasteiger partial charge in [-0.25, -0.2) is 0 Å². The van der Waals surface area contributed by atoms with Gasteiger partial charge in [-0.3, -0.25) is 9.59 Å². The number of ether oxygens (including phenoxy) is 1. The summed E-state index contributed by atoms with van der Waals surface area (Å²) in [5.74, 6) is -2.05. The zero-order valence-corrected chi connectivity index (χ0v) is 10.0. The van der Waals surface area contributed by atoms with Gasteiger partial charge >= 0.3 is 0 Å². The fourth-order valence-electron chi connectivity index (χ4n) is 1.42. The fourth-order valence-corrected chi connectivity index (χ4v) is 1.42. The van der Waals surface area contributed by atoms with Gasteiger partial charge in [0, 0.05) is 11.1 Å². The highest BCUT2D eigenvalue weighted by Crippen LogP contribution is 2.24. The Morgan fingerprint density at radius 3 is 2.41 bits per heavy atom. The Kier molecular flexibility index (Phi) is 3.68. The lowest BCUT2D eigenvalue weighted by atomic mass is 9.92. The first-order valence-electron chi connectivity index (χ1n) is 5.01. The van der Waals surface area contributed by atoms with Gasteiger partial charge in [0.2, 0.25) is 23.1 Å². The van der Waals surface area contributed by atoms with Gasteiger partial charge in [-0.2, -0.15) is 0 Å². The average molecular weight is 234 g/mol. The summed E-state index contributed by atoms with van der Waals surface area (Å²) in [6.45, 7) is 6.92. The molecule has 0 saturated heterocycles. The highest BCUT2D eigenvalue weighted by atomic mass is 16.5. The molecule has 1 N–H and O–H groups in total. The number of ketones is 2. The van der Waals surface area contributed by atoms with Gasteiger partial charge in [0.15, 0.2) is 0 Å². The van der Waals surface area contributed by atoms with Crippen molar-refractivity contribution in [3.63, 3.8) is 0 Å². The predicted molar refractivity (Wildman–Crippen MR) is 63.3 cm³/mol. The lowest BCUT2D eigenvalue weighted by Gasteiger charge is -2.15. The number of allylic oxidation sites excluding steroid dienone is 5. The summed E-state index contributed by atoms with van der Waals surface area (Å²) in [5.41, 5.74) is 1.17. The minimum absolute atomic E-state index is 0.200. The molecule has 0 heterocycles. The molecule has 90 valence electrons. The van der Waals surface area contributed by atoms with Crippen molar-refractivity contribution in [3.05, 3.63) is 47.0 Å². The number of methoxy groups -OCH3 is 1. The summed E-state index contributed by atoms with van der Waals surface area (Å²) in [4.78, 5) is 23.5. The van der Waals surface area contributed by atoms with Gasteiger partial charge in [0.1, 0.15) is 0 Å². The smallest absolute Gasteiger partial charge is 0.232 e. The van der Waals surface area contributed by atoms with Crippen molar-refractivity contribution in [3.8, 4) is 0 Å². The van der Waals surface area contributed by atoms with Crippen LogP contribution in [0.3, 0.4) is 0 Å². The van der Waals surface area contributed by atoms with Gasteiger partial charge in [0.25, 0.3) is 0 Å². The Balaban J connectivity index is 3.27. The first-order valence-corrected chi connectivity index (χ1v) is 5.01. The van der Waals surface area contributed by atoms with E-state index in [9.17, 15) is 14.7 Å². The number of Topliss-reactive ketones (excluding diaryl/α,β-unsaturated/α-hetero) is 2. The molecule has 0 aromatic carbocycles. The highest BCUT2D eigenvalue weighted by molar-refractivity contribution is 6.24. The minimum Gasteiger partial charge on any atom is -0.501 e. The van der Waals surface area contributed by atoms with Crippen LogP contribution in [0.2, 0.25) is 0 Å². The number of rotatable bonds is 3. The van der Waals surface area contributed by atoms with E-state index < -0.39 is 17.3 Å². The third-order valence-corrected chi connectivity index (χ3v) is 2.36. The van der Waals surface area contributed by atoms with E-state index in [0.29, 0.717) is 0 Å². The first kappa shape index (κ1) is 13.0. The van der Waals surface area contributed by atoms with E-state index in [1.54, 1.807) is 13.0 Å². The molecule has 0 fully saturated rings. The Morgan fingerprint density at radius 2 is 1.94 bits per heavy atom. The van der Waals surface area contributed by atoms with Gasteiger partial charge < -0.3 is 9.84 Å².